The van der Waals surface area contributed by atoms with Gasteiger partial charge in [0.05, 0.1) is 5.41 Å². The standard InChI is InChI=1S/C18H33N3O.2ClH/c1-2-9-21-10-6-15(7-11-21)12-20-17(22)18-8-4-3-5-16(18)13-19-14-18;;/h15-16,19H,2-14H2,1H3,(H,20,22);2*1H/t16-,18+;;/m0../s1. The number of piperidine rings is 1. The molecule has 1 aliphatic carbocycles. The Morgan fingerprint density at radius 2 is 1.96 bits per heavy atom. The summed E-state index contributed by atoms with van der Waals surface area (Å²) in [4.78, 5) is 15.4. The molecule has 2 N–H and O–H groups in total. The second-order valence-electron chi connectivity index (χ2n) is 7.72. The predicted molar refractivity (Wildman–Crippen MR) is 104 cm³/mol. The molecule has 3 fully saturated rings. The molecular weight excluding hydrogens is 345 g/mol. The van der Waals surface area contributed by atoms with Crippen molar-refractivity contribution in [3.63, 3.8) is 0 Å². The van der Waals surface area contributed by atoms with E-state index in [4.69, 9.17) is 0 Å². The molecule has 142 valence electrons. The highest BCUT2D eigenvalue weighted by Gasteiger charge is 2.49. The van der Waals surface area contributed by atoms with Crippen molar-refractivity contribution >= 4 is 30.7 Å². The van der Waals surface area contributed by atoms with Crippen LogP contribution in [0.2, 0.25) is 0 Å². The van der Waals surface area contributed by atoms with Gasteiger partial charge < -0.3 is 15.5 Å². The van der Waals surface area contributed by atoms with Gasteiger partial charge in [0.15, 0.2) is 0 Å². The van der Waals surface area contributed by atoms with E-state index in [-0.39, 0.29) is 30.2 Å². The Morgan fingerprint density at radius 1 is 1.21 bits per heavy atom. The molecule has 2 saturated heterocycles. The van der Waals surface area contributed by atoms with Crippen LogP contribution in [-0.2, 0) is 4.79 Å². The van der Waals surface area contributed by atoms with E-state index in [9.17, 15) is 4.79 Å². The van der Waals surface area contributed by atoms with Gasteiger partial charge in [-0.2, -0.15) is 0 Å². The van der Waals surface area contributed by atoms with Gasteiger partial charge in [0.25, 0.3) is 0 Å². The van der Waals surface area contributed by atoms with Crippen molar-refractivity contribution in [2.24, 2.45) is 17.3 Å². The Bertz CT molecular complexity index is 388. The zero-order valence-corrected chi connectivity index (χ0v) is 16.7. The van der Waals surface area contributed by atoms with Crippen LogP contribution in [0.3, 0.4) is 0 Å². The van der Waals surface area contributed by atoms with E-state index in [2.05, 4.69) is 22.5 Å². The maximum absolute atomic E-state index is 12.8. The molecule has 2 heterocycles. The van der Waals surface area contributed by atoms with E-state index in [1.165, 1.54) is 58.2 Å². The molecule has 24 heavy (non-hydrogen) atoms. The van der Waals surface area contributed by atoms with Gasteiger partial charge in [-0.25, -0.2) is 0 Å². The van der Waals surface area contributed by atoms with Gasteiger partial charge in [-0.3, -0.25) is 4.79 Å². The lowest BCUT2D eigenvalue weighted by Gasteiger charge is -2.38. The first-order chi connectivity index (χ1) is 10.7. The number of nitrogens with zero attached hydrogens (tertiary/aromatic N) is 1. The Kier molecular flexibility index (Phi) is 9.35. The monoisotopic (exact) mass is 379 g/mol. The minimum absolute atomic E-state index is 0. The number of halogens is 2. The predicted octanol–water partition coefficient (Wildman–Crippen LogP) is 2.85. The highest BCUT2D eigenvalue weighted by molar-refractivity contribution is 5.85. The van der Waals surface area contributed by atoms with Crippen LogP contribution in [0.25, 0.3) is 0 Å². The topological polar surface area (TPSA) is 44.4 Å². The van der Waals surface area contributed by atoms with Crippen LogP contribution in [0, 0.1) is 17.3 Å². The normalized spacial score (nSPS) is 30.8. The maximum atomic E-state index is 12.8. The molecule has 3 aliphatic rings. The van der Waals surface area contributed by atoms with Gasteiger partial charge in [0.1, 0.15) is 0 Å². The summed E-state index contributed by atoms with van der Waals surface area (Å²) in [5, 5.41) is 6.81. The quantitative estimate of drug-likeness (QED) is 0.771. The van der Waals surface area contributed by atoms with Crippen LogP contribution in [0.5, 0.6) is 0 Å². The molecule has 0 aromatic carbocycles. The molecule has 0 aromatic heterocycles. The van der Waals surface area contributed by atoms with Gasteiger partial charge in [-0.15, -0.1) is 24.8 Å². The molecular formula is C18H35Cl2N3O. The van der Waals surface area contributed by atoms with Crippen molar-refractivity contribution in [2.75, 3.05) is 39.3 Å². The van der Waals surface area contributed by atoms with Gasteiger partial charge in [0, 0.05) is 13.1 Å². The fourth-order valence-electron chi connectivity index (χ4n) is 4.83. The van der Waals surface area contributed by atoms with Crippen molar-refractivity contribution in [2.45, 2.75) is 51.9 Å². The summed E-state index contributed by atoms with van der Waals surface area (Å²) in [6.07, 6.45) is 8.59. The summed E-state index contributed by atoms with van der Waals surface area (Å²) in [6, 6.07) is 0. The number of hydrogen-bond acceptors (Lipinski definition) is 3. The van der Waals surface area contributed by atoms with Crippen LogP contribution in [0.4, 0.5) is 0 Å². The number of nitrogens with one attached hydrogen (secondary N) is 2. The lowest BCUT2D eigenvalue weighted by Crippen LogP contribution is -2.49. The van der Waals surface area contributed by atoms with Gasteiger partial charge >= 0.3 is 0 Å². The number of carbonyl (C=O) groups is 1. The molecule has 0 bridgehead atoms. The summed E-state index contributed by atoms with van der Waals surface area (Å²) in [5.74, 6) is 1.61. The summed E-state index contributed by atoms with van der Waals surface area (Å²) >= 11 is 0. The summed E-state index contributed by atoms with van der Waals surface area (Å²) < 4.78 is 0. The van der Waals surface area contributed by atoms with E-state index >= 15 is 0 Å². The van der Waals surface area contributed by atoms with Gasteiger partial charge in [0.2, 0.25) is 5.91 Å². The largest absolute Gasteiger partial charge is 0.355 e. The molecule has 2 aliphatic heterocycles. The summed E-state index contributed by atoms with van der Waals surface area (Å²) in [5.41, 5.74) is -0.0822. The number of likely N-dealkylation sites (tertiary alicyclic amines) is 1. The molecule has 6 heteroatoms. The van der Waals surface area contributed by atoms with E-state index in [0.29, 0.717) is 17.7 Å². The van der Waals surface area contributed by atoms with Gasteiger partial charge in [-0.05, 0) is 70.1 Å². The molecule has 1 amide bonds. The van der Waals surface area contributed by atoms with Crippen LogP contribution in [0.1, 0.15) is 51.9 Å². The second kappa shape index (κ2) is 10.2. The van der Waals surface area contributed by atoms with Gasteiger partial charge in [-0.1, -0.05) is 19.8 Å². The van der Waals surface area contributed by atoms with Crippen LogP contribution in [-0.4, -0.2) is 50.1 Å². The average molecular weight is 380 g/mol. The third-order valence-electron chi connectivity index (χ3n) is 6.29. The highest BCUT2D eigenvalue weighted by atomic mass is 35.5. The molecule has 0 aromatic rings. The number of carbonyl (C=O) groups excluding carboxylic acids is 1. The molecule has 4 nitrogen and oxygen atoms in total. The zero-order chi connectivity index (χ0) is 15.4. The minimum atomic E-state index is -0.0822. The third kappa shape index (κ3) is 4.78. The van der Waals surface area contributed by atoms with Crippen LogP contribution >= 0.6 is 24.8 Å². The Labute approximate surface area is 159 Å². The lowest BCUT2D eigenvalue weighted by atomic mass is 9.67. The number of amides is 1. The van der Waals surface area contributed by atoms with E-state index in [1.54, 1.807) is 0 Å². The number of hydrogen-bond donors (Lipinski definition) is 2. The first kappa shape index (κ1) is 22.0. The highest BCUT2D eigenvalue weighted by Crippen LogP contribution is 2.43. The van der Waals surface area contributed by atoms with Crippen LogP contribution in [0.15, 0.2) is 0 Å². The molecule has 2 atom stereocenters. The van der Waals surface area contributed by atoms with Crippen LogP contribution < -0.4 is 10.6 Å². The molecule has 1 saturated carbocycles. The van der Waals surface area contributed by atoms with E-state index in [0.717, 1.165) is 26.1 Å². The lowest BCUT2D eigenvalue weighted by molar-refractivity contribution is -0.134. The Hall–Kier alpha value is -0.0300. The number of rotatable bonds is 5. The smallest absolute Gasteiger partial charge is 0.227 e. The third-order valence-corrected chi connectivity index (χ3v) is 6.29. The van der Waals surface area contributed by atoms with Crippen molar-refractivity contribution in [3.8, 4) is 0 Å². The first-order valence-corrected chi connectivity index (χ1v) is 9.46. The average Bonchev–Trinajstić information content (AvgIpc) is 2.99. The maximum Gasteiger partial charge on any atom is 0.227 e. The summed E-state index contributed by atoms with van der Waals surface area (Å²) in [6.45, 7) is 8.75. The second-order valence-corrected chi connectivity index (χ2v) is 7.72. The van der Waals surface area contributed by atoms with Crippen molar-refractivity contribution in [1.82, 2.24) is 15.5 Å². The summed E-state index contributed by atoms with van der Waals surface area (Å²) in [7, 11) is 0. The molecule has 0 radical (unpaired) electrons. The molecule has 0 spiro atoms. The Morgan fingerprint density at radius 3 is 2.67 bits per heavy atom. The van der Waals surface area contributed by atoms with Crippen molar-refractivity contribution in [1.29, 1.82) is 0 Å². The SMILES string of the molecule is CCCN1CCC(CNC(=O)[C@@]23CCCC[C@H]2CNC3)CC1.Cl.Cl. The first-order valence-electron chi connectivity index (χ1n) is 9.46. The van der Waals surface area contributed by atoms with E-state index < -0.39 is 0 Å². The molecule has 3 rings (SSSR count). The van der Waals surface area contributed by atoms with Crippen molar-refractivity contribution < 1.29 is 4.79 Å². The minimum Gasteiger partial charge on any atom is -0.355 e. The Balaban J connectivity index is 0.00000144. The molecule has 0 unspecified atom stereocenters. The zero-order valence-electron chi connectivity index (χ0n) is 15.0. The fourth-order valence-corrected chi connectivity index (χ4v) is 4.83. The number of fused-ring (bicyclic) bond motifs is 1. The fraction of sp³-hybridized carbons (Fsp3) is 0.944. The van der Waals surface area contributed by atoms with Crippen molar-refractivity contribution in [3.05, 3.63) is 0 Å². The van der Waals surface area contributed by atoms with E-state index in [1.807, 2.05) is 0 Å².